The molecule has 2 heterocycles. The van der Waals surface area contributed by atoms with E-state index in [-0.39, 0.29) is 19.3 Å². The third kappa shape index (κ3) is 8.69. The summed E-state index contributed by atoms with van der Waals surface area (Å²) in [6.07, 6.45) is 0.661. The Labute approximate surface area is 254 Å². The van der Waals surface area contributed by atoms with Gasteiger partial charge in [0.1, 0.15) is 36.5 Å². The first kappa shape index (κ1) is 32.3. The number of thioether (sulfide) groups is 1. The Balaban J connectivity index is 1.68. The number of nitrogens with zero attached hydrogens (tertiary/aromatic N) is 3. The second-order valence-electron chi connectivity index (χ2n) is 10.7. The van der Waals surface area contributed by atoms with Gasteiger partial charge >= 0.3 is 17.9 Å². The monoisotopic (exact) mass is 618 g/mol. The molecular weight excluding hydrogens is 580 g/mol. The number of rotatable bonds is 11. The summed E-state index contributed by atoms with van der Waals surface area (Å²) < 4.78 is 30.8. The van der Waals surface area contributed by atoms with Crippen molar-refractivity contribution in [3.8, 4) is 5.75 Å². The quantitative estimate of drug-likeness (QED) is 0.290. The van der Waals surface area contributed by atoms with Crippen molar-refractivity contribution in [2.45, 2.75) is 108 Å². The number of nitrogens with one attached hydrogen (secondary N) is 1. The topological polar surface area (TPSA) is 157 Å². The van der Waals surface area contributed by atoms with Crippen LogP contribution < -0.4 is 10.1 Å². The third-order valence-electron chi connectivity index (χ3n) is 7.08. The van der Waals surface area contributed by atoms with Gasteiger partial charge in [0.15, 0.2) is 23.2 Å². The van der Waals surface area contributed by atoms with Crippen LogP contribution >= 0.6 is 11.8 Å². The Hall–Kier alpha value is -3.65. The van der Waals surface area contributed by atoms with E-state index >= 15 is 0 Å². The predicted octanol–water partition coefficient (Wildman–Crippen LogP) is 3.03. The first-order valence-electron chi connectivity index (χ1n) is 14.2. The molecule has 1 amide bonds. The highest BCUT2D eigenvalue weighted by Gasteiger charge is 2.51. The van der Waals surface area contributed by atoms with E-state index in [2.05, 4.69) is 15.5 Å². The zero-order valence-electron chi connectivity index (χ0n) is 24.9. The zero-order valence-corrected chi connectivity index (χ0v) is 25.8. The van der Waals surface area contributed by atoms with Crippen LogP contribution in [0.15, 0.2) is 29.4 Å². The summed E-state index contributed by atoms with van der Waals surface area (Å²) in [7, 11) is 0. The molecule has 5 atom stereocenters. The average Bonchev–Trinajstić information content (AvgIpc) is 3.59. The molecule has 2 aromatic rings. The fourth-order valence-corrected chi connectivity index (χ4v) is 6.60. The number of aryl methyl sites for hydroxylation is 1. The second-order valence-corrected chi connectivity index (χ2v) is 11.7. The van der Waals surface area contributed by atoms with Crippen molar-refractivity contribution >= 4 is 35.6 Å². The van der Waals surface area contributed by atoms with Gasteiger partial charge in [-0.2, -0.15) is 0 Å². The molecule has 1 aliphatic carbocycles. The number of hydrogen-bond donors (Lipinski definition) is 1. The van der Waals surface area contributed by atoms with E-state index in [1.54, 1.807) is 0 Å². The fraction of sp³-hybridized carbons (Fsp3) is 0.586. The Bertz CT molecular complexity index is 1310. The fourth-order valence-electron chi connectivity index (χ4n) is 5.36. The predicted molar refractivity (Wildman–Crippen MR) is 153 cm³/mol. The molecule has 0 unspecified atom stereocenters. The van der Waals surface area contributed by atoms with Crippen molar-refractivity contribution in [2.24, 2.45) is 0 Å². The summed E-state index contributed by atoms with van der Waals surface area (Å²) in [4.78, 5) is 48.3. The van der Waals surface area contributed by atoms with Crippen LogP contribution in [0.4, 0.5) is 0 Å². The van der Waals surface area contributed by atoms with Gasteiger partial charge in [-0.15, -0.1) is 10.2 Å². The van der Waals surface area contributed by atoms with Crippen molar-refractivity contribution in [3.63, 3.8) is 0 Å². The Kier molecular flexibility index (Phi) is 11.0. The molecule has 13 nitrogen and oxygen atoms in total. The maximum absolute atomic E-state index is 12.3. The second kappa shape index (κ2) is 14.7. The van der Waals surface area contributed by atoms with Crippen LogP contribution in [-0.2, 0) is 44.7 Å². The maximum atomic E-state index is 12.3. The van der Waals surface area contributed by atoms with Crippen LogP contribution in [0, 0.1) is 6.92 Å². The van der Waals surface area contributed by atoms with Crippen molar-refractivity contribution in [1.29, 1.82) is 0 Å². The molecule has 2 fully saturated rings. The molecule has 14 heteroatoms. The first-order chi connectivity index (χ1) is 20.5. The highest BCUT2D eigenvalue weighted by molar-refractivity contribution is 7.99. The van der Waals surface area contributed by atoms with Gasteiger partial charge in [-0.25, -0.2) is 0 Å². The number of hydrogen-bond acceptors (Lipinski definition) is 12. The lowest BCUT2D eigenvalue weighted by Gasteiger charge is -2.44. The van der Waals surface area contributed by atoms with Crippen LogP contribution in [0.1, 0.15) is 70.8 Å². The number of carbonyl (C=O) groups excluding carboxylic acids is 4. The minimum absolute atomic E-state index is 0.131. The lowest BCUT2D eigenvalue weighted by atomic mass is 9.97. The summed E-state index contributed by atoms with van der Waals surface area (Å²) in [5, 5.41) is 12.2. The van der Waals surface area contributed by atoms with Crippen LogP contribution in [0.2, 0.25) is 0 Å². The molecule has 4 rings (SSSR count). The molecule has 0 radical (unpaired) electrons. The van der Waals surface area contributed by atoms with Crippen LogP contribution in [-0.4, -0.2) is 75.0 Å². The van der Waals surface area contributed by atoms with Gasteiger partial charge in [-0.1, -0.05) is 36.7 Å². The molecule has 2 aliphatic rings. The standard InChI is InChI=1S/C29H38N4O9S/c1-16-9-8-12-22(13-16)39-15-24-31-32-29(33(24)21-10-6-7-11-21)43-28-25(30-17(2)34)27(41-20(5)37)26(40-19(4)36)23(42-28)14-38-18(3)35/h8-9,12-13,21,23,25-28H,6-7,10-11,14-15H2,1-5H3,(H,30,34)/t23-,25-,26-,27-,28+/m1/s1. The van der Waals surface area contributed by atoms with Crippen molar-refractivity contribution < 1.29 is 42.9 Å². The van der Waals surface area contributed by atoms with Gasteiger partial charge in [0.05, 0.1) is 0 Å². The van der Waals surface area contributed by atoms with Crippen molar-refractivity contribution in [2.75, 3.05) is 6.61 Å². The molecule has 1 aliphatic heterocycles. The van der Waals surface area contributed by atoms with Crippen LogP contribution in [0.25, 0.3) is 0 Å². The van der Waals surface area contributed by atoms with Crippen LogP contribution in [0.3, 0.4) is 0 Å². The van der Waals surface area contributed by atoms with Crippen molar-refractivity contribution in [1.82, 2.24) is 20.1 Å². The van der Waals surface area contributed by atoms with E-state index in [9.17, 15) is 19.2 Å². The smallest absolute Gasteiger partial charge is 0.303 e. The van der Waals surface area contributed by atoms with E-state index in [1.807, 2.05) is 35.8 Å². The van der Waals surface area contributed by atoms with Gasteiger partial charge in [-0.05, 0) is 37.5 Å². The largest absolute Gasteiger partial charge is 0.486 e. The summed E-state index contributed by atoms with van der Waals surface area (Å²) in [6.45, 7) is 6.87. The molecule has 1 aromatic carbocycles. The van der Waals surface area contributed by atoms with Crippen molar-refractivity contribution in [3.05, 3.63) is 35.7 Å². The molecule has 1 N–H and O–H groups in total. The third-order valence-corrected chi connectivity index (χ3v) is 8.20. The molecule has 0 spiro atoms. The average molecular weight is 619 g/mol. The van der Waals surface area contributed by atoms with Gasteiger partial charge < -0.3 is 29.0 Å². The number of carbonyl (C=O) groups is 4. The maximum Gasteiger partial charge on any atom is 0.303 e. The van der Waals surface area contributed by atoms with Gasteiger partial charge in [0.2, 0.25) is 5.91 Å². The molecular formula is C29H38N4O9S. The Morgan fingerprint density at radius 1 is 1.00 bits per heavy atom. The van der Waals surface area contributed by atoms with E-state index < -0.39 is 53.6 Å². The van der Waals surface area contributed by atoms with E-state index in [0.29, 0.717) is 16.7 Å². The molecule has 0 bridgehead atoms. The molecule has 43 heavy (non-hydrogen) atoms. The molecule has 1 aromatic heterocycles. The summed E-state index contributed by atoms with van der Waals surface area (Å²) in [5.74, 6) is -0.953. The number of benzene rings is 1. The zero-order chi connectivity index (χ0) is 31.1. The molecule has 234 valence electrons. The number of ether oxygens (including phenoxy) is 5. The van der Waals surface area contributed by atoms with Gasteiger partial charge in [0.25, 0.3) is 0 Å². The number of esters is 3. The lowest BCUT2D eigenvalue weighted by Crippen LogP contribution is -2.65. The molecule has 1 saturated carbocycles. The normalized spacial score (nSPS) is 23.8. The Morgan fingerprint density at radius 2 is 1.70 bits per heavy atom. The van der Waals surface area contributed by atoms with Gasteiger partial charge in [-0.3, -0.25) is 23.7 Å². The minimum Gasteiger partial charge on any atom is -0.486 e. The van der Waals surface area contributed by atoms with Crippen LogP contribution in [0.5, 0.6) is 5.75 Å². The van der Waals surface area contributed by atoms with Gasteiger partial charge in [0, 0.05) is 33.7 Å². The SMILES string of the molecule is CC(=O)N[C@@H]1[C@@H](OC(C)=O)[C@H](OC(C)=O)[C@@H](COC(C)=O)O[C@H]1Sc1nnc(COc2cccc(C)c2)n1C1CCCC1. The molecule has 1 saturated heterocycles. The van der Waals surface area contributed by atoms with E-state index in [1.165, 1.54) is 39.5 Å². The highest BCUT2D eigenvalue weighted by atomic mass is 32.2. The van der Waals surface area contributed by atoms with E-state index in [0.717, 1.165) is 31.2 Å². The van der Waals surface area contributed by atoms with E-state index in [4.69, 9.17) is 23.7 Å². The lowest BCUT2D eigenvalue weighted by molar-refractivity contribution is -0.211. The summed E-state index contributed by atoms with van der Waals surface area (Å²) in [5.41, 5.74) is 0.178. The number of aromatic nitrogens is 3. The summed E-state index contributed by atoms with van der Waals surface area (Å²) in [6, 6.07) is 6.91. The highest BCUT2D eigenvalue weighted by Crippen LogP contribution is 2.39. The first-order valence-corrected chi connectivity index (χ1v) is 15.1. The summed E-state index contributed by atoms with van der Waals surface area (Å²) >= 11 is 1.19. The Morgan fingerprint density at radius 3 is 2.33 bits per heavy atom. The minimum atomic E-state index is -1.17. The number of amides is 1.